The Hall–Kier alpha value is -6.75. The lowest BCUT2D eigenvalue weighted by Gasteiger charge is -2.32. The van der Waals surface area contributed by atoms with Crippen LogP contribution in [0.2, 0.25) is 0 Å². The largest absolute Gasteiger partial charge is 0.488 e. The molecule has 4 aromatic rings. The fraction of sp³-hybridized carbons (Fsp3) is 0.484. The Labute approximate surface area is 467 Å². The van der Waals surface area contributed by atoms with E-state index in [0.717, 1.165) is 34.9 Å². The van der Waals surface area contributed by atoms with Gasteiger partial charge >= 0.3 is 5.69 Å². The van der Waals surface area contributed by atoms with E-state index >= 15 is 0 Å². The minimum absolute atomic E-state index is 0.00919. The van der Waals surface area contributed by atoms with Gasteiger partial charge in [-0.1, -0.05) is 69.0 Å². The molecule has 0 unspecified atom stereocenters. The summed E-state index contributed by atoms with van der Waals surface area (Å²) in [5, 5.41) is 12.1. The van der Waals surface area contributed by atoms with Gasteiger partial charge < -0.3 is 23.8 Å². The van der Waals surface area contributed by atoms with E-state index in [1.54, 1.807) is 29.2 Å². The van der Waals surface area contributed by atoms with E-state index < -0.39 is 51.0 Å². The van der Waals surface area contributed by atoms with Gasteiger partial charge in [-0.15, -0.1) is 0 Å². The van der Waals surface area contributed by atoms with Gasteiger partial charge in [0.25, 0.3) is 11.8 Å². The Morgan fingerprint density at radius 3 is 1.29 bits per heavy atom. The second kappa shape index (κ2) is 30.6. The maximum absolute atomic E-state index is 13.1. The summed E-state index contributed by atoms with van der Waals surface area (Å²) in [6.07, 6.45) is 4.53. The number of nitrogens with zero attached hydrogens (tertiary/aromatic N) is 3. The van der Waals surface area contributed by atoms with Gasteiger partial charge in [0.1, 0.15) is 33.9 Å². The van der Waals surface area contributed by atoms with Gasteiger partial charge in [-0.05, 0) is 187 Å². The number of nitro benzene ring substituents is 1. The molecule has 0 spiro atoms. The molecule has 79 heavy (non-hydrogen) atoms. The summed E-state index contributed by atoms with van der Waals surface area (Å²) in [4.78, 5) is 39.9. The number of para-hydroxylation sites is 1. The predicted molar refractivity (Wildman–Crippen MR) is 305 cm³/mol. The van der Waals surface area contributed by atoms with Crippen LogP contribution in [-0.2, 0) is 14.4 Å². The van der Waals surface area contributed by atoms with Gasteiger partial charge in [-0.2, -0.15) is 13.8 Å². The molecule has 0 aliphatic carbocycles. The maximum atomic E-state index is 13.1. The average Bonchev–Trinajstić information content (AvgIpc) is 3.82. The Kier molecular flexibility index (Phi) is 28.0. The van der Waals surface area contributed by atoms with Crippen molar-refractivity contribution in [2.45, 2.75) is 199 Å². The van der Waals surface area contributed by atoms with Crippen LogP contribution >= 0.6 is 0 Å². The number of halogens is 5. The molecule has 12 nitrogen and oxygen atoms in total. The molecule has 440 valence electrons. The zero-order valence-corrected chi connectivity index (χ0v) is 50.8. The summed E-state index contributed by atoms with van der Waals surface area (Å²) >= 11 is 0. The molecule has 2 amide bonds. The summed E-state index contributed by atoms with van der Waals surface area (Å²) in [7, 11) is 0. The SMILES string of the molecule is C=C1C=CC(=O)N1C(C)(C)C.C=C1CCC(=O)N1OC(C)(C)C.CC.CC(C)(C)Oc1c(F)c(F)c(F)c(F)c1F.CC(C)(C)Oc1ccccc1.Cc1ccc(OC(C)(C)C)c([N+](=O)[O-])c1.Cc1ccc(OC(C)(C)C)cc1. The highest BCUT2D eigenvalue weighted by atomic mass is 19.2. The number of benzene rings is 4. The lowest BCUT2D eigenvalue weighted by molar-refractivity contribution is -0.386. The van der Waals surface area contributed by atoms with Crippen LogP contribution in [0.25, 0.3) is 0 Å². The molecule has 0 aromatic heterocycles. The highest BCUT2D eigenvalue weighted by Crippen LogP contribution is 2.33. The van der Waals surface area contributed by atoms with Crippen LogP contribution < -0.4 is 18.9 Å². The van der Waals surface area contributed by atoms with Crippen molar-refractivity contribution in [2.75, 3.05) is 0 Å². The first-order valence-corrected chi connectivity index (χ1v) is 25.9. The van der Waals surface area contributed by atoms with E-state index in [1.165, 1.54) is 37.5 Å². The van der Waals surface area contributed by atoms with E-state index in [2.05, 4.69) is 37.0 Å². The van der Waals surface area contributed by atoms with Crippen molar-refractivity contribution in [2.24, 2.45) is 0 Å². The lowest BCUT2D eigenvalue weighted by Crippen LogP contribution is -2.41. The third kappa shape index (κ3) is 28.6. The summed E-state index contributed by atoms with van der Waals surface area (Å²) in [5.41, 5.74) is 1.48. The van der Waals surface area contributed by atoms with Crippen molar-refractivity contribution in [3.8, 4) is 23.0 Å². The van der Waals surface area contributed by atoms with Crippen molar-refractivity contribution in [1.82, 2.24) is 9.96 Å². The van der Waals surface area contributed by atoms with Gasteiger partial charge in [0, 0.05) is 35.5 Å². The van der Waals surface area contributed by atoms with Crippen molar-refractivity contribution >= 4 is 17.5 Å². The molecule has 2 aliphatic heterocycles. The average molecular weight is 1110 g/mol. The summed E-state index contributed by atoms with van der Waals surface area (Å²) < 4.78 is 85.7. The van der Waals surface area contributed by atoms with Crippen LogP contribution in [0.3, 0.4) is 0 Å². The molecule has 0 bridgehead atoms. The number of ether oxygens (including phenoxy) is 4. The van der Waals surface area contributed by atoms with Crippen molar-refractivity contribution < 1.29 is 60.2 Å². The number of hydrogen-bond acceptors (Lipinski definition) is 9. The molecule has 0 radical (unpaired) electrons. The first kappa shape index (κ1) is 72.2. The maximum Gasteiger partial charge on any atom is 0.311 e. The van der Waals surface area contributed by atoms with Crippen molar-refractivity contribution in [3.05, 3.63) is 160 Å². The number of nitro groups is 1. The minimum atomic E-state index is -2.20. The van der Waals surface area contributed by atoms with Gasteiger partial charge in [-0.3, -0.25) is 24.5 Å². The normalized spacial score (nSPS) is 13.3. The van der Waals surface area contributed by atoms with E-state index in [-0.39, 0.29) is 39.8 Å². The topological polar surface area (TPSA) is 130 Å². The molecule has 17 heteroatoms. The molecule has 2 heterocycles. The fourth-order valence-electron chi connectivity index (χ4n) is 6.21. The number of rotatable bonds is 6. The van der Waals surface area contributed by atoms with Crippen molar-refractivity contribution in [1.29, 1.82) is 0 Å². The molecular weight excluding hydrogens is 1030 g/mol. The summed E-state index contributed by atoms with van der Waals surface area (Å²) in [6.45, 7) is 49.2. The lowest BCUT2D eigenvalue weighted by atomic mass is 10.1. The highest BCUT2D eigenvalue weighted by molar-refractivity contribution is 5.93. The zero-order chi connectivity index (χ0) is 61.8. The molecular formula is C62H88F5N3O9. The minimum Gasteiger partial charge on any atom is -0.488 e. The van der Waals surface area contributed by atoms with Crippen LogP contribution in [-0.4, -0.2) is 60.2 Å². The quantitative estimate of drug-likeness (QED) is 0.0609. The summed E-state index contributed by atoms with van der Waals surface area (Å²) in [5.74, 6) is -9.20. The number of allylic oxidation sites excluding steroid dienone is 2. The van der Waals surface area contributed by atoms with Crippen LogP contribution in [0.5, 0.6) is 23.0 Å². The Morgan fingerprint density at radius 1 is 0.532 bits per heavy atom. The van der Waals surface area contributed by atoms with Gasteiger partial charge in [-0.25, -0.2) is 13.2 Å². The molecule has 1 saturated heterocycles. The number of carbonyl (C=O) groups is 2. The van der Waals surface area contributed by atoms with Crippen LogP contribution in [0.1, 0.15) is 162 Å². The standard InChI is InChI=1S/C11H15NO3.C11H16O.C10H9F5O.C10H14O.C9H15NO2.C9H13NO.C2H6/c1-8-5-6-10(15-11(2,3)4)9(7-8)12(13)14;1-9-5-7-10(8-6-9)12-11(2,3)4;1-10(2,3)16-9-7(14)5(12)4(11)6(13)8(9)15;1-10(2,3)11-9-7-5-4-6-8-9;1-7-5-6-8(11)10(7)12-9(2,3)4;1-7-5-6-8(11)10(7)9(2,3)4;1-2/h5-7H,1-4H3;5-8H,1-4H3;1-3H3;4-8H,1-3H3;1,5-6H2,2-4H3;5-6H,1H2,2-4H3;1-2H3. The molecule has 6 rings (SSSR count). The molecule has 2 aliphatic rings. The first-order chi connectivity index (χ1) is 35.8. The molecule has 0 N–H and O–H groups in total. The number of hydroxylamine groups is 2. The smallest absolute Gasteiger partial charge is 0.311 e. The van der Waals surface area contributed by atoms with E-state index in [4.69, 9.17) is 19.0 Å². The number of aryl methyl sites for hydroxylation is 2. The zero-order valence-electron chi connectivity index (χ0n) is 50.8. The molecule has 0 saturated carbocycles. The molecule has 4 aromatic carbocycles. The second-order valence-electron chi connectivity index (χ2n) is 23.7. The second-order valence-corrected chi connectivity index (χ2v) is 23.7. The van der Waals surface area contributed by atoms with Gasteiger partial charge in [0.15, 0.2) is 11.5 Å². The van der Waals surface area contributed by atoms with E-state index in [0.29, 0.717) is 12.2 Å². The highest BCUT2D eigenvalue weighted by Gasteiger charge is 2.32. The van der Waals surface area contributed by atoms with E-state index in [1.807, 2.05) is 167 Å². The van der Waals surface area contributed by atoms with E-state index in [9.17, 15) is 41.7 Å². The van der Waals surface area contributed by atoms with Crippen LogP contribution in [0, 0.1) is 53.0 Å². The fourth-order valence-corrected chi connectivity index (χ4v) is 6.21. The Bertz CT molecular complexity index is 2590. The number of carbonyl (C=O) groups excluding carboxylic acids is 2. The third-order valence-corrected chi connectivity index (χ3v) is 9.02. The molecule has 1 fully saturated rings. The van der Waals surface area contributed by atoms with Crippen LogP contribution in [0.4, 0.5) is 27.6 Å². The third-order valence-electron chi connectivity index (χ3n) is 9.02. The monoisotopic (exact) mass is 1110 g/mol. The first-order valence-electron chi connectivity index (χ1n) is 25.9. The van der Waals surface area contributed by atoms with Gasteiger partial charge in [0.2, 0.25) is 29.1 Å². The van der Waals surface area contributed by atoms with Crippen LogP contribution in [0.15, 0.2) is 110 Å². The van der Waals surface area contributed by atoms with Gasteiger partial charge in [0.05, 0.1) is 10.5 Å². The number of hydrogen-bond donors (Lipinski definition) is 0. The molecule has 0 atom stereocenters. The number of amides is 2. The predicted octanol–water partition coefficient (Wildman–Crippen LogP) is 17.3. The van der Waals surface area contributed by atoms with Crippen molar-refractivity contribution in [3.63, 3.8) is 0 Å². The summed E-state index contributed by atoms with van der Waals surface area (Å²) in [6, 6.07) is 22.9. The Morgan fingerprint density at radius 2 is 0.949 bits per heavy atom. The Balaban J connectivity index is 0.000000923.